The van der Waals surface area contributed by atoms with Gasteiger partial charge in [-0.3, -0.25) is 4.79 Å². The minimum absolute atomic E-state index is 0.236. The number of anilines is 1. The molecule has 0 bridgehead atoms. The van der Waals surface area contributed by atoms with Gasteiger partial charge < -0.3 is 15.4 Å². The van der Waals surface area contributed by atoms with Gasteiger partial charge in [0.05, 0.1) is 18.2 Å². The molecule has 1 heterocycles. The number of carbonyl (C=O) groups is 2. The molecular weight excluding hydrogens is 210 g/mol. The van der Waals surface area contributed by atoms with Crippen molar-refractivity contribution in [3.63, 3.8) is 0 Å². The normalized spacial score (nSPS) is 9.44. The predicted octanol–water partition coefficient (Wildman–Crippen LogP) is 0.270. The van der Waals surface area contributed by atoms with E-state index in [1.54, 1.807) is 7.05 Å². The third-order valence-corrected chi connectivity index (χ3v) is 2.02. The third kappa shape index (κ3) is 2.28. The van der Waals surface area contributed by atoms with Crippen LogP contribution < -0.4 is 10.6 Å². The molecule has 0 aliphatic rings. The van der Waals surface area contributed by atoms with Gasteiger partial charge in [-0.15, -0.1) is 0 Å². The molecule has 0 fully saturated rings. The second kappa shape index (κ2) is 5.11. The van der Waals surface area contributed by atoms with Crippen molar-refractivity contribution in [1.29, 1.82) is 0 Å². The number of hydrogen-bond donors (Lipinski definition) is 2. The lowest BCUT2D eigenvalue weighted by Crippen LogP contribution is -2.20. The van der Waals surface area contributed by atoms with Crippen molar-refractivity contribution < 1.29 is 14.3 Å². The number of aromatic nitrogens is 1. The van der Waals surface area contributed by atoms with Crippen molar-refractivity contribution in [3.05, 3.63) is 23.4 Å². The molecule has 1 rings (SSSR count). The number of ether oxygens (including phenoxy) is 1. The fourth-order valence-corrected chi connectivity index (χ4v) is 1.20. The highest BCUT2D eigenvalue weighted by molar-refractivity contribution is 6.01. The van der Waals surface area contributed by atoms with E-state index >= 15 is 0 Å². The van der Waals surface area contributed by atoms with Crippen LogP contribution in [0, 0.1) is 0 Å². The highest BCUT2D eigenvalue weighted by Gasteiger charge is 2.14. The van der Waals surface area contributed by atoms with Crippen LogP contribution in [-0.4, -0.2) is 38.1 Å². The first-order chi connectivity index (χ1) is 7.63. The fraction of sp³-hybridized carbons (Fsp3) is 0.300. The second-order valence-electron chi connectivity index (χ2n) is 2.94. The van der Waals surface area contributed by atoms with Crippen LogP contribution in [0.4, 0.5) is 5.82 Å². The molecule has 16 heavy (non-hydrogen) atoms. The molecule has 0 aliphatic carbocycles. The van der Waals surface area contributed by atoms with E-state index in [1.807, 2.05) is 0 Å². The van der Waals surface area contributed by atoms with Crippen LogP contribution >= 0.6 is 0 Å². The topological polar surface area (TPSA) is 80.3 Å². The van der Waals surface area contributed by atoms with Gasteiger partial charge >= 0.3 is 5.97 Å². The van der Waals surface area contributed by atoms with E-state index in [0.717, 1.165) is 0 Å². The molecule has 1 aromatic heterocycles. The van der Waals surface area contributed by atoms with Crippen LogP contribution in [-0.2, 0) is 4.74 Å². The van der Waals surface area contributed by atoms with Gasteiger partial charge in [0.1, 0.15) is 5.82 Å². The van der Waals surface area contributed by atoms with Gasteiger partial charge in [0, 0.05) is 20.3 Å². The Hall–Kier alpha value is -2.11. The summed E-state index contributed by atoms with van der Waals surface area (Å²) in [5.74, 6) is -0.435. The summed E-state index contributed by atoms with van der Waals surface area (Å²) < 4.78 is 4.55. The average molecular weight is 223 g/mol. The summed E-state index contributed by atoms with van der Waals surface area (Å²) in [6.45, 7) is 0. The van der Waals surface area contributed by atoms with Crippen LogP contribution in [0.5, 0.6) is 0 Å². The number of nitrogens with zero attached hydrogens (tertiary/aromatic N) is 1. The number of methoxy groups -OCH3 is 1. The van der Waals surface area contributed by atoms with E-state index in [4.69, 9.17) is 0 Å². The van der Waals surface area contributed by atoms with Gasteiger partial charge in [-0.05, 0) is 6.07 Å². The highest BCUT2D eigenvalue weighted by Crippen LogP contribution is 2.14. The van der Waals surface area contributed by atoms with Crippen molar-refractivity contribution in [2.75, 3.05) is 26.5 Å². The Kier molecular flexibility index (Phi) is 3.82. The van der Waals surface area contributed by atoms with E-state index in [-0.39, 0.29) is 11.5 Å². The van der Waals surface area contributed by atoms with Gasteiger partial charge in [-0.1, -0.05) is 0 Å². The van der Waals surface area contributed by atoms with E-state index in [1.165, 1.54) is 26.4 Å². The number of rotatable bonds is 3. The van der Waals surface area contributed by atoms with E-state index in [2.05, 4.69) is 20.4 Å². The maximum atomic E-state index is 11.5. The molecule has 6 nitrogen and oxygen atoms in total. The minimum Gasteiger partial charge on any atom is -0.465 e. The zero-order valence-electron chi connectivity index (χ0n) is 9.33. The maximum absolute atomic E-state index is 11.5. The second-order valence-corrected chi connectivity index (χ2v) is 2.94. The molecule has 0 aliphatic heterocycles. The summed E-state index contributed by atoms with van der Waals surface area (Å²) in [6.07, 6.45) is 1.35. The molecular formula is C10H13N3O3. The summed E-state index contributed by atoms with van der Waals surface area (Å²) in [7, 11) is 4.42. The Morgan fingerprint density at radius 3 is 2.56 bits per heavy atom. The van der Waals surface area contributed by atoms with Crippen LogP contribution in [0.3, 0.4) is 0 Å². The fourth-order valence-electron chi connectivity index (χ4n) is 1.20. The minimum atomic E-state index is -0.527. The number of hydrogen-bond acceptors (Lipinski definition) is 5. The van der Waals surface area contributed by atoms with Crippen LogP contribution in [0.1, 0.15) is 20.7 Å². The lowest BCUT2D eigenvalue weighted by atomic mass is 10.1. The third-order valence-electron chi connectivity index (χ3n) is 2.02. The zero-order chi connectivity index (χ0) is 12.1. The molecule has 0 radical (unpaired) electrons. The van der Waals surface area contributed by atoms with E-state index in [9.17, 15) is 9.59 Å². The summed E-state index contributed by atoms with van der Waals surface area (Å²) in [6, 6.07) is 1.43. The summed E-state index contributed by atoms with van der Waals surface area (Å²) in [5.41, 5.74) is 0.535. The Morgan fingerprint density at radius 2 is 2.06 bits per heavy atom. The number of esters is 1. The van der Waals surface area contributed by atoms with Gasteiger partial charge in [0.15, 0.2) is 0 Å². The first-order valence-electron chi connectivity index (χ1n) is 4.62. The van der Waals surface area contributed by atoms with Crippen LogP contribution in [0.25, 0.3) is 0 Å². The first-order valence-corrected chi connectivity index (χ1v) is 4.62. The number of pyridine rings is 1. The van der Waals surface area contributed by atoms with Gasteiger partial charge in [-0.2, -0.15) is 0 Å². The van der Waals surface area contributed by atoms with Crippen molar-refractivity contribution in [1.82, 2.24) is 10.3 Å². The van der Waals surface area contributed by atoms with Crippen molar-refractivity contribution >= 4 is 17.7 Å². The SMILES string of the molecule is CNC(=O)c1cc(C(=O)OC)cnc1NC. The maximum Gasteiger partial charge on any atom is 0.339 e. The standard InChI is InChI=1S/C10H13N3O3/c1-11-8-7(9(14)12-2)4-6(5-13-8)10(15)16-3/h4-5H,1-3H3,(H,11,13)(H,12,14). The van der Waals surface area contributed by atoms with Crippen molar-refractivity contribution in [2.45, 2.75) is 0 Å². The first kappa shape index (κ1) is 12.0. The van der Waals surface area contributed by atoms with E-state index < -0.39 is 5.97 Å². The quantitative estimate of drug-likeness (QED) is 0.719. The monoisotopic (exact) mass is 223 g/mol. The molecule has 1 amide bonds. The summed E-state index contributed by atoms with van der Waals surface area (Å²) in [4.78, 5) is 26.7. The smallest absolute Gasteiger partial charge is 0.339 e. The molecule has 86 valence electrons. The average Bonchev–Trinajstić information content (AvgIpc) is 2.35. The van der Waals surface area contributed by atoms with E-state index in [0.29, 0.717) is 11.4 Å². The molecule has 0 saturated heterocycles. The van der Waals surface area contributed by atoms with Crippen molar-refractivity contribution in [3.8, 4) is 0 Å². The molecule has 0 spiro atoms. The molecule has 0 saturated carbocycles. The van der Waals surface area contributed by atoms with Gasteiger partial charge in [0.25, 0.3) is 5.91 Å². The molecule has 0 unspecified atom stereocenters. The Morgan fingerprint density at radius 1 is 1.38 bits per heavy atom. The molecule has 0 aromatic carbocycles. The zero-order valence-corrected chi connectivity index (χ0v) is 9.33. The lowest BCUT2D eigenvalue weighted by molar-refractivity contribution is 0.0600. The lowest BCUT2D eigenvalue weighted by Gasteiger charge is -2.08. The molecule has 2 N–H and O–H groups in total. The van der Waals surface area contributed by atoms with Gasteiger partial charge in [0.2, 0.25) is 0 Å². The number of nitrogens with one attached hydrogen (secondary N) is 2. The highest BCUT2D eigenvalue weighted by atomic mass is 16.5. The largest absolute Gasteiger partial charge is 0.465 e. The molecule has 1 aromatic rings. The molecule has 6 heteroatoms. The summed E-state index contributed by atoms with van der Waals surface area (Å²) in [5, 5.41) is 5.24. The van der Waals surface area contributed by atoms with Crippen LogP contribution in [0.15, 0.2) is 12.3 Å². The molecule has 0 atom stereocenters. The number of amides is 1. The van der Waals surface area contributed by atoms with Crippen LogP contribution in [0.2, 0.25) is 0 Å². The Labute approximate surface area is 93.0 Å². The van der Waals surface area contributed by atoms with Gasteiger partial charge in [-0.25, -0.2) is 9.78 Å². The summed E-state index contributed by atoms with van der Waals surface area (Å²) >= 11 is 0. The Bertz CT molecular complexity index is 418. The Balaban J connectivity index is 3.21. The number of carbonyl (C=O) groups excluding carboxylic acids is 2. The van der Waals surface area contributed by atoms with Crippen molar-refractivity contribution in [2.24, 2.45) is 0 Å². The predicted molar refractivity (Wildman–Crippen MR) is 58.5 cm³/mol.